The van der Waals surface area contributed by atoms with Crippen molar-refractivity contribution in [2.45, 2.75) is 40.5 Å². The van der Waals surface area contributed by atoms with Crippen molar-refractivity contribution in [1.29, 1.82) is 5.41 Å². The molecule has 0 radical (unpaired) electrons. The van der Waals surface area contributed by atoms with Crippen LogP contribution in [0.1, 0.15) is 40.5 Å². The van der Waals surface area contributed by atoms with E-state index in [1.54, 1.807) is 0 Å². The summed E-state index contributed by atoms with van der Waals surface area (Å²) in [6.45, 7) is 8.67. The van der Waals surface area contributed by atoms with Gasteiger partial charge >= 0.3 is 0 Å². The van der Waals surface area contributed by atoms with Gasteiger partial charge in [-0.1, -0.05) is 39.6 Å². The Labute approximate surface area is 85.7 Å². The molecule has 1 N–H and O–H groups in total. The first-order valence-electron chi connectivity index (χ1n) is 4.95. The topological polar surface area (TPSA) is 23.9 Å². The molecular weight excluding hydrogens is 177 g/mol. The molecule has 1 nitrogen and oxygen atoms in total. The van der Waals surface area contributed by atoms with E-state index in [-0.39, 0.29) is 0 Å². The second-order valence-electron chi connectivity index (χ2n) is 3.50. The van der Waals surface area contributed by atoms with E-state index in [4.69, 9.17) is 5.41 Å². The normalized spacial score (nSPS) is 12.5. The zero-order chi connectivity index (χ0) is 10.7. The Hall–Kier alpha value is -0.160. The van der Waals surface area contributed by atoms with Crippen LogP contribution in [0, 0.1) is 17.2 Å². The summed E-state index contributed by atoms with van der Waals surface area (Å²) in [7, 11) is 2.52. The van der Waals surface area contributed by atoms with Gasteiger partial charge in [-0.05, 0) is 30.9 Å². The van der Waals surface area contributed by atoms with Crippen LogP contribution in [0.15, 0.2) is 11.9 Å². The molecule has 2 heteroatoms. The largest absolute Gasteiger partial charge is 0.313 e. The minimum Gasteiger partial charge on any atom is -0.313 e. The van der Waals surface area contributed by atoms with Crippen molar-refractivity contribution >= 4 is 15.5 Å². The SMILES string of the molecule is CC(C)C(C)CC=N.CC/C=C/P. The number of allylic oxidation sites excluding steroid dienone is 1. The van der Waals surface area contributed by atoms with E-state index in [1.165, 1.54) is 6.21 Å². The second-order valence-corrected chi connectivity index (χ2v) is 3.88. The average molecular weight is 201 g/mol. The van der Waals surface area contributed by atoms with Gasteiger partial charge in [-0.2, -0.15) is 0 Å². The molecule has 13 heavy (non-hydrogen) atoms. The maximum Gasteiger partial charge on any atom is -0.00450 e. The third-order valence-electron chi connectivity index (χ3n) is 2.00. The summed E-state index contributed by atoms with van der Waals surface area (Å²) in [5.74, 6) is 3.36. The van der Waals surface area contributed by atoms with E-state index in [0.29, 0.717) is 5.92 Å². The smallest absolute Gasteiger partial charge is 0.00450 e. The lowest BCUT2D eigenvalue weighted by atomic mass is 9.95. The Bertz CT molecular complexity index is 130. The van der Waals surface area contributed by atoms with Crippen molar-refractivity contribution < 1.29 is 0 Å². The van der Waals surface area contributed by atoms with Crippen LogP contribution in [0.3, 0.4) is 0 Å². The van der Waals surface area contributed by atoms with Crippen molar-refractivity contribution in [3.63, 3.8) is 0 Å². The van der Waals surface area contributed by atoms with Gasteiger partial charge in [0.2, 0.25) is 0 Å². The first-order chi connectivity index (χ1) is 6.09. The molecule has 0 amide bonds. The maximum atomic E-state index is 6.80. The van der Waals surface area contributed by atoms with E-state index in [2.05, 4.69) is 43.0 Å². The summed E-state index contributed by atoms with van der Waals surface area (Å²) in [6.07, 6.45) is 5.65. The summed E-state index contributed by atoms with van der Waals surface area (Å²) >= 11 is 0. The van der Waals surface area contributed by atoms with Gasteiger partial charge in [-0.3, -0.25) is 0 Å². The Morgan fingerprint density at radius 1 is 1.31 bits per heavy atom. The van der Waals surface area contributed by atoms with Gasteiger partial charge in [0.15, 0.2) is 0 Å². The molecule has 0 spiro atoms. The lowest BCUT2D eigenvalue weighted by Crippen LogP contribution is -2.03. The zero-order valence-corrected chi connectivity index (χ0v) is 10.5. The zero-order valence-electron chi connectivity index (χ0n) is 9.38. The predicted octanol–water partition coefficient (Wildman–Crippen LogP) is 4.10. The summed E-state index contributed by atoms with van der Waals surface area (Å²) in [5.41, 5.74) is 0. The molecule has 78 valence electrons. The highest BCUT2D eigenvalue weighted by Crippen LogP contribution is 2.11. The molecule has 0 rings (SSSR count). The highest BCUT2D eigenvalue weighted by atomic mass is 31.0. The molecule has 0 bridgehead atoms. The van der Waals surface area contributed by atoms with Crippen LogP contribution in [0.25, 0.3) is 0 Å². The fourth-order valence-electron chi connectivity index (χ4n) is 0.594. The molecule has 0 saturated heterocycles. The van der Waals surface area contributed by atoms with Crippen LogP contribution >= 0.6 is 9.24 Å². The Kier molecular flexibility index (Phi) is 14.0. The Morgan fingerprint density at radius 3 is 1.92 bits per heavy atom. The molecule has 2 unspecified atom stereocenters. The van der Waals surface area contributed by atoms with Crippen LogP contribution in [-0.2, 0) is 0 Å². The number of nitrogens with one attached hydrogen (secondary N) is 1. The van der Waals surface area contributed by atoms with Gasteiger partial charge in [-0.15, -0.1) is 9.24 Å². The molecule has 0 aromatic rings. The molecule has 2 atom stereocenters. The van der Waals surface area contributed by atoms with Crippen molar-refractivity contribution in [2.75, 3.05) is 0 Å². The summed E-state index contributed by atoms with van der Waals surface area (Å²) in [5, 5.41) is 6.80. The standard InChI is InChI=1S/C7H15N.C4H9P/c1-6(2)7(3)4-5-8;1-2-3-4-5/h5-8H,4H2,1-3H3;3-4H,2,5H2,1H3/b;4-3+. The number of hydrogen-bond donors (Lipinski definition) is 1. The van der Waals surface area contributed by atoms with E-state index < -0.39 is 0 Å². The molecule has 0 aliphatic rings. The molecule has 0 aliphatic carbocycles. The van der Waals surface area contributed by atoms with Gasteiger partial charge in [0, 0.05) is 0 Å². The lowest BCUT2D eigenvalue weighted by Gasteiger charge is -2.10. The lowest BCUT2D eigenvalue weighted by molar-refractivity contribution is 0.435. The van der Waals surface area contributed by atoms with E-state index in [1.807, 2.05) is 5.82 Å². The molecular formula is C11H24NP. The van der Waals surface area contributed by atoms with Crippen LogP contribution < -0.4 is 0 Å². The highest BCUT2D eigenvalue weighted by molar-refractivity contribution is 7.20. The van der Waals surface area contributed by atoms with Crippen LogP contribution in [-0.4, -0.2) is 6.21 Å². The van der Waals surface area contributed by atoms with Gasteiger partial charge < -0.3 is 5.41 Å². The molecule has 0 heterocycles. The molecule has 0 aromatic heterocycles. The predicted molar refractivity (Wildman–Crippen MR) is 66.5 cm³/mol. The molecule has 0 saturated carbocycles. The van der Waals surface area contributed by atoms with Crippen molar-refractivity contribution in [3.05, 3.63) is 11.9 Å². The number of rotatable bonds is 4. The first-order valence-corrected chi connectivity index (χ1v) is 5.62. The quantitative estimate of drug-likeness (QED) is 0.523. The Balaban J connectivity index is 0. The minimum absolute atomic E-state index is 0.674. The molecule has 0 aliphatic heterocycles. The maximum absolute atomic E-state index is 6.80. The third kappa shape index (κ3) is 14.7. The number of hydrogen-bond acceptors (Lipinski definition) is 1. The highest BCUT2D eigenvalue weighted by Gasteiger charge is 2.02. The van der Waals surface area contributed by atoms with Gasteiger partial charge in [0.1, 0.15) is 0 Å². The van der Waals surface area contributed by atoms with Crippen LogP contribution in [0.2, 0.25) is 0 Å². The fraction of sp³-hybridized carbons (Fsp3) is 0.727. The van der Waals surface area contributed by atoms with Gasteiger partial charge in [0.25, 0.3) is 0 Å². The molecule has 0 fully saturated rings. The summed E-state index contributed by atoms with van der Waals surface area (Å²) < 4.78 is 0. The molecule has 0 aromatic carbocycles. The minimum atomic E-state index is 0.674. The van der Waals surface area contributed by atoms with E-state index in [9.17, 15) is 0 Å². The third-order valence-corrected chi connectivity index (χ3v) is 2.27. The monoisotopic (exact) mass is 201 g/mol. The summed E-state index contributed by atoms with van der Waals surface area (Å²) in [6, 6.07) is 0. The van der Waals surface area contributed by atoms with Crippen molar-refractivity contribution in [2.24, 2.45) is 11.8 Å². The van der Waals surface area contributed by atoms with Crippen LogP contribution in [0.5, 0.6) is 0 Å². The first kappa shape index (κ1) is 15.3. The van der Waals surface area contributed by atoms with Crippen molar-refractivity contribution in [1.82, 2.24) is 0 Å². The van der Waals surface area contributed by atoms with Gasteiger partial charge in [-0.25, -0.2) is 0 Å². The van der Waals surface area contributed by atoms with Gasteiger partial charge in [0.05, 0.1) is 0 Å². The van der Waals surface area contributed by atoms with Crippen molar-refractivity contribution in [3.8, 4) is 0 Å². The second kappa shape index (κ2) is 11.8. The average Bonchev–Trinajstić information content (AvgIpc) is 2.07. The fourth-order valence-corrected chi connectivity index (χ4v) is 0.866. The Morgan fingerprint density at radius 2 is 1.85 bits per heavy atom. The van der Waals surface area contributed by atoms with E-state index >= 15 is 0 Å². The van der Waals surface area contributed by atoms with Crippen LogP contribution in [0.4, 0.5) is 0 Å². The summed E-state index contributed by atoms with van der Waals surface area (Å²) in [4.78, 5) is 0. The van der Waals surface area contributed by atoms with E-state index in [0.717, 1.165) is 18.8 Å².